The molecule has 0 bridgehead atoms. The van der Waals surface area contributed by atoms with Crippen LogP contribution in [0.3, 0.4) is 0 Å². The van der Waals surface area contributed by atoms with E-state index in [0.717, 1.165) is 24.3 Å². The maximum Gasteiger partial charge on any atom is 0.115 e. The maximum atomic E-state index is 9.44. The standard InChI is InChI=1S/C12H17ClN2OS/c1-14-12(8-16)5-4-9(7-12)17-11-10(13)3-2-6-15-11/h2-3,6,9,14,16H,4-5,7-8H2,1H3. The molecule has 3 nitrogen and oxygen atoms in total. The second-order valence-electron chi connectivity index (χ2n) is 4.46. The molecule has 0 saturated heterocycles. The van der Waals surface area contributed by atoms with Crippen LogP contribution in [0, 0.1) is 0 Å². The topological polar surface area (TPSA) is 45.1 Å². The van der Waals surface area contributed by atoms with Crippen molar-refractivity contribution in [2.45, 2.75) is 35.1 Å². The van der Waals surface area contributed by atoms with Crippen molar-refractivity contribution >= 4 is 23.4 Å². The number of nitrogens with one attached hydrogen (secondary N) is 1. The van der Waals surface area contributed by atoms with Crippen LogP contribution in [0.25, 0.3) is 0 Å². The third-order valence-corrected chi connectivity index (χ3v) is 5.10. The van der Waals surface area contributed by atoms with Gasteiger partial charge in [0.2, 0.25) is 0 Å². The van der Waals surface area contributed by atoms with E-state index in [2.05, 4.69) is 10.3 Å². The van der Waals surface area contributed by atoms with Crippen molar-refractivity contribution in [1.82, 2.24) is 10.3 Å². The second kappa shape index (κ2) is 5.57. The highest BCUT2D eigenvalue weighted by atomic mass is 35.5. The molecule has 2 unspecified atom stereocenters. The van der Waals surface area contributed by atoms with Crippen molar-refractivity contribution in [3.05, 3.63) is 23.4 Å². The summed E-state index contributed by atoms with van der Waals surface area (Å²) in [5.41, 5.74) is -0.112. The molecule has 1 saturated carbocycles. The van der Waals surface area contributed by atoms with Crippen molar-refractivity contribution in [3.8, 4) is 0 Å². The molecule has 94 valence electrons. The zero-order valence-corrected chi connectivity index (χ0v) is 11.4. The van der Waals surface area contributed by atoms with Crippen LogP contribution in [0.2, 0.25) is 5.02 Å². The van der Waals surface area contributed by atoms with E-state index in [9.17, 15) is 5.11 Å². The van der Waals surface area contributed by atoms with Crippen molar-refractivity contribution < 1.29 is 5.11 Å². The molecule has 1 aliphatic rings. The largest absolute Gasteiger partial charge is 0.394 e. The Labute approximate surface area is 111 Å². The van der Waals surface area contributed by atoms with Gasteiger partial charge in [-0.2, -0.15) is 0 Å². The van der Waals surface area contributed by atoms with Gasteiger partial charge in [0.05, 0.1) is 11.6 Å². The van der Waals surface area contributed by atoms with Crippen LogP contribution in [0.4, 0.5) is 0 Å². The Kier molecular flexibility index (Phi) is 4.31. The van der Waals surface area contributed by atoms with E-state index in [0.29, 0.717) is 10.3 Å². The number of pyridine rings is 1. The first-order valence-electron chi connectivity index (χ1n) is 5.76. The number of halogens is 1. The summed E-state index contributed by atoms with van der Waals surface area (Å²) in [6.45, 7) is 0.191. The molecule has 0 amide bonds. The molecule has 1 aromatic heterocycles. The summed E-state index contributed by atoms with van der Waals surface area (Å²) in [5.74, 6) is 0. The lowest BCUT2D eigenvalue weighted by Crippen LogP contribution is -2.44. The van der Waals surface area contributed by atoms with Crippen molar-refractivity contribution in [2.24, 2.45) is 0 Å². The smallest absolute Gasteiger partial charge is 0.115 e. The summed E-state index contributed by atoms with van der Waals surface area (Å²) in [6, 6.07) is 3.70. The summed E-state index contributed by atoms with van der Waals surface area (Å²) >= 11 is 7.81. The number of hydrogen-bond donors (Lipinski definition) is 2. The number of hydrogen-bond acceptors (Lipinski definition) is 4. The molecular weight excluding hydrogens is 256 g/mol. The quantitative estimate of drug-likeness (QED) is 0.883. The van der Waals surface area contributed by atoms with E-state index in [1.165, 1.54) is 0 Å². The molecule has 1 aromatic rings. The molecule has 1 aliphatic carbocycles. The van der Waals surface area contributed by atoms with Crippen molar-refractivity contribution in [2.75, 3.05) is 13.7 Å². The average molecular weight is 273 g/mol. The summed E-state index contributed by atoms with van der Waals surface area (Å²) in [6.07, 6.45) is 4.80. The molecule has 2 N–H and O–H groups in total. The van der Waals surface area contributed by atoms with Crippen LogP contribution in [0.15, 0.2) is 23.4 Å². The lowest BCUT2D eigenvalue weighted by molar-refractivity contribution is 0.173. The molecule has 2 rings (SSSR count). The van der Waals surface area contributed by atoms with Crippen LogP contribution in [-0.4, -0.2) is 34.5 Å². The summed E-state index contributed by atoms with van der Waals surface area (Å²) in [4.78, 5) is 4.29. The third-order valence-electron chi connectivity index (χ3n) is 3.40. The molecule has 5 heteroatoms. The number of likely N-dealkylation sites (N-methyl/N-ethyl adjacent to an activating group) is 1. The first kappa shape index (κ1) is 13.1. The molecule has 17 heavy (non-hydrogen) atoms. The molecule has 0 spiro atoms. The molecule has 0 aromatic carbocycles. The van der Waals surface area contributed by atoms with Gasteiger partial charge in [-0.05, 0) is 38.4 Å². The minimum Gasteiger partial charge on any atom is -0.394 e. The molecular formula is C12H17ClN2OS. The number of nitrogens with zero attached hydrogens (tertiary/aromatic N) is 1. The van der Waals surface area contributed by atoms with Crippen LogP contribution in [0.5, 0.6) is 0 Å². The highest BCUT2D eigenvalue weighted by Gasteiger charge is 2.38. The fourth-order valence-electron chi connectivity index (χ4n) is 2.24. The second-order valence-corrected chi connectivity index (χ2v) is 6.16. The average Bonchev–Trinajstić information content (AvgIpc) is 2.76. The van der Waals surface area contributed by atoms with Crippen LogP contribution >= 0.6 is 23.4 Å². The number of rotatable bonds is 4. The van der Waals surface area contributed by atoms with Crippen LogP contribution < -0.4 is 5.32 Å². The van der Waals surface area contributed by atoms with E-state index < -0.39 is 0 Å². The molecule has 1 heterocycles. The van der Waals surface area contributed by atoms with Gasteiger partial charge in [0.25, 0.3) is 0 Å². The third kappa shape index (κ3) is 2.94. The molecule has 2 atom stereocenters. The Morgan fingerprint density at radius 3 is 3.12 bits per heavy atom. The number of aromatic nitrogens is 1. The lowest BCUT2D eigenvalue weighted by Gasteiger charge is -2.26. The summed E-state index contributed by atoms with van der Waals surface area (Å²) in [7, 11) is 1.91. The Bertz CT molecular complexity index is 385. The van der Waals surface area contributed by atoms with E-state index in [1.54, 1.807) is 18.0 Å². The van der Waals surface area contributed by atoms with Crippen LogP contribution in [0.1, 0.15) is 19.3 Å². The fourth-order valence-corrected chi connectivity index (χ4v) is 3.75. The van der Waals surface area contributed by atoms with Gasteiger partial charge in [-0.1, -0.05) is 11.6 Å². The van der Waals surface area contributed by atoms with Gasteiger partial charge in [0, 0.05) is 17.0 Å². The van der Waals surface area contributed by atoms with E-state index in [4.69, 9.17) is 11.6 Å². The van der Waals surface area contributed by atoms with Gasteiger partial charge >= 0.3 is 0 Å². The highest BCUT2D eigenvalue weighted by Crippen LogP contribution is 2.40. The Balaban J connectivity index is 2.01. The molecule has 0 radical (unpaired) electrons. The Morgan fingerprint density at radius 1 is 1.71 bits per heavy atom. The van der Waals surface area contributed by atoms with E-state index in [1.807, 2.05) is 19.2 Å². The van der Waals surface area contributed by atoms with E-state index >= 15 is 0 Å². The van der Waals surface area contributed by atoms with Gasteiger partial charge < -0.3 is 10.4 Å². The van der Waals surface area contributed by atoms with Gasteiger partial charge in [-0.3, -0.25) is 0 Å². The normalized spacial score (nSPS) is 28.5. The predicted octanol–water partition coefficient (Wildman–Crippen LogP) is 2.33. The van der Waals surface area contributed by atoms with Crippen molar-refractivity contribution in [1.29, 1.82) is 0 Å². The molecule has 1 fully saturated rings. The lowest BCUT2D eigenvalue weighted by atomic mass is 10.00. The van der Waals surface area contributed by atoms with Crippen molar-refractivity contribution in [3.63, 3.8) is 0 Å². The van der Waals surface area contributed by atoms with Gasteiger partial charge in [-0.25, -0.2) is 4.98 Å². The monoisotopic (exact) mass is 272 g/mol. The van der Waals surface area contributed by atoms with Crippen LogP contribution in [-0.2, 0) is 0 Å². The number of thioether (sulfide) groups is 1. The molecule has 0 aliphatic heterocycles. The Morgan fingerprint density at radius 2 is 2.53 bits per heavy atom. The number of aliphatic hydroxyl groups is 1. The predicted molar refractivity (Wildman–Crippen MR) is 71.6 cm³/mol. The van der Waals surface area contributed by atoms with E-state index in [-0.39, 0.29) is 12.1 Å². The Hall–Kier alpha value is -0.290. The summed E-state index contributed by atoms with van der Waals surface area (Å²) < 4.78 is 0. The number of aliphatic hydroxyl groups excluding tert-OH is 1. The zero-order chi connectivity index (χ0) is 12.3. The minimum atomic E-state index is -0.112. The first-order valence-corrected chi connectivity index (χ1v) is 7.02. The maximum absolute atomic E-state index is 9.44. The highest BCUT2D eigenvalue weighted by molar-refractivity contribution is 8.00. The fraction of sp³-hybridized carbons (Fsp3) is 0.583. The van der Waals surface area contributed by atoms with Gasteiger partial charge in [0.1, 0.15) is 5.03 Å². The van der Waals surface area contributed by atoms with Gasteiger partial charge in [-0.15, -0.1) is 11.8 Å². The first-order chi connectivity index (χ1) is 8.19. The zero-order valence-electron chi connectivity index (χ0n) is 9.82. The minimum absolute atomic E-state index is 0.112. The SMILES string of the molecule is CNC1(CO)CCC(Sc2ncccc2Cl)C1. The van der Waals surface area contributed by atoms with Gasteiger partial charge in [0.15, 0.2) is 0 Å². The summed E-state index contributed by atoms with van der Waals surface area (Å²) in [5, 5.41) is 14.8.